The van der Waals surface area contributed by atoms with Crippen LogP contribution in [0.5, 0.6) is 0 Å². The van der Waals surface area contributed by atoms with Crippen molar-refractivity contribution in [1.29, 1.82) is 0 Å². The molecule has 0 radical (unpaired) electrons. The second-order valence-electron chi connectivity index (χ2n) is 5.46. The third-order valence-electron chi connectivity index (χ3n) is 3.52. The Labute approximate surface area is 150 Å². The molecule has 0 aliphatic carbocycles. The fourth-order valence-electron chi connectivity index (χ4n) is 2.36. The van der Waals surface area contributed by atoms with Crippen molar-refractivity contribution in [2.24, 2.45) is 0 Å². The number of para-hydroxylation sites is 2. The Bertz CT molecular complexity index is 1200. The summed E-state index contributed by atoms with van der Waals surface area (Å²) in [6.07, 6.45) is 1.06. The van der Waals surface area contributed by atoms with Gasteiger partial charge in [0, 0.05) is 6.26 Å². The highest BCUT2D eigenvalue weighted by Gasteiger charge is 2.20. The van der Waals surface area contributed by atoms with Crippen LogP contribution in [0.15, 0.2) is 33.9 Å². The molecule has 128 valence electrons. The van der Waals surface area contributed by atoms with E-state index in [4.69, 9.17) is 0 Å². The summed E-state index contributed by atoms with van der Waals surface area (Å²) in [5.41, 5.74) is 2.63. The van der Waals surface area contributed by atoms with Crippen LogP contribution in [0.25, 0.3) is 16.7 Å². The van der Waals surface area contributed by atoms with Crippen LogP contribution in [0.4, 0.5) is 11.9 Å². The van der Waals surface area contributed by atoms with Gasteiger partial charge < -0.3 is 4.98 Å². The lowest BCUT2D eigenvalue weighted by molar-refractivity contribution is 0.592. The van der Waals surface area contributed by atoms with E-state index in [-0.39, 0.29) is 11.1 Å². The highest BCUT2D eigenvalue weighted by Crippen LogP contribution is 2.25. The number of hydrogen-bond acceptors (Lipinski definition) is 7. The predicted octanol–water partition coefficient (Wildman–Crippen LogP) is 2.22. The first-order valence-corrected chi connectivity index (χ1v) is 9.86. The van der Waals surface area contributed by atoms with Crippen molar-refractivity contribution >= 4 is 54.3 Å². The molecule has 0 aliphatic rings. The van der Waals surface area contributed by atoms with Gasteiger partial charge in [-0.15, -0.1) is 0 Å². The number of aromatic nitrogens is 6. The summed E-state index contributed by atoms with van der Waals surface area (Å²) in [4.78, 5) is 15.7. The van der Waals surface area contributed by atoms with E-state index < -0.39 is 9.84 Å². The fourth-order valence-corrected chi connectivity index (χ4v) is 3.20. The number of H-pyrrole nitrogens is 1. The molecule has 0 unspecified atom stereocenters. The van der Waals surface area contributed by atoms with Crippen LogP contribution < -0.4 is 5.32 Å². The molecule has 0 amide bonds. The number of anilines is 2. The van der Waals surface area contributed by atoms with Crippen LogP contribution in [0.2, 0.25) is 0 Å². The van der Waals surface area contributed by atoms with Gasteiger partial charge in [-0.1, -0.05) is 12.1 Å². The molecule has 0 saturated carbocycles. The fraction of sp³-hybridized carbons (Fsp3) is 0.143. The smallest absolute Gasteiger partial charge is 0.252 e. The van der Waals surface area contributed by atoms with Crippen LogP contribution in [0.1, 0.15) is 5.69 Å². The summed E-state index contributed by atoms with van der Waals surface area (Å²) in [6, 6.07) is 7.53. The van der Waals surface area contributed by atoms with Gasteiger partial charge in [0.05, 0.1) is 21.2 Å². The summed E-state index contributed by atoms with van der Waals surface area (Å²) >= 11 is 3.38. The molecule has 0 aliphatic heterocycles. The SMILES string of the molecule is Cc1nn2c(Nc3nc4ccccc4[nH]3)nc(S(C)(=O)=O)nc2c1Br. The molecule has 0 spiro atoms. The Kier molecular flexibility index (Phi) is 3.51. The Balaban J connectivity index is 1.91. The lowest BCUT2D eigenvalue weighted by Gasteiger charge is -2.06. The number of fused-ring (bicyclic) bond motifs is 2. The number of hydrogen-bond donors (Lipinski definition) is 2. The number of nitrogens with one attached hydrogen (secondary N) is 2. The number of aromatic amines is 1. The lowest BCUT2D eigenvalue weighted by atomic mass is 10.3. The number of halogens is 1. The zero-order valence-corrected chi connectivity index (χ0v) is 15.6. The maximum Gasteiger partial charge on any atom is 0.252 e. The van der Waals surface area contributed by atoms with Crippen molar-refractivity contribution in [3.05, 3.63) is 34.4 Å². The quantitative estimate of drug-likeness (QED) is 0.520. The maximum atomic E-state index is 11.9. The molecular formula is C14H12BrN7O2S. The molecule has 0 fully saturated rings. The minimum absolute atomic E-state index is 0.193. The number of sulfone groups is 1. The van der Waals surface area contributed by atoms with Gasteiger partial charge in [0.2, 0.25) is 21.7 Å². The summed E-state index contributed by atoms with van der Waals surface area (Å²) < 4.78 is 25.9. The van der Waals surface area contributed by atoms with E-state index in [1.54, 1.807) is 6.92 Å². The minimum Gasteiger partial charge on any atom is -0.324 e. The van der Waals surface area contributed by atoms with Crippen molar-refractivity contribution in [3.8, 4) is 0 Å². The zero-order chi connectivity index (χ0) is 17.8. The molecule has 0 atom stereocenters. The van der Waals surface area contributed by atoms with Crippen LogP contribution in [0.3, 0.4) is 0 Å². The second-order valence-corrected chi connectivity index (χ2v) is 8.17. The van der Waals surface area contributed by atoms with Gasteiger partial charge in [0.15, 0.2) is 5.65 Å². The molecule has 25 heavy (non-hydrogen) atoms. The molecule has 1 aromatic carbocycles. The van der Waals surface area contributed by atoms with Crippen molar-refractivity contribution in [3.63, 3.8) is 0 Å². The summed E-state index contributed by atoms with van der Waals surface area (Å²) in [5, 5.41) is 7.03. The van der Waals surface area contributed by atoms with E-state index in [0.717, 1.165) is 17.3 Å². The average molecular weight is 422 g/mol. The van der Waals surface area contributed by atoms with Gasteiger partial charge in [0.1, 0.15) is 0 Å². The maximum absolute atomic E-state index is 11.9. The third kappa shape index (κ3) is 2.74. The normalized spacial score (nSPS) is 12.1. The number of nitrogens with zero attached hydrogens (tertiary/aromatic N) is 5. The van der Waals surface area contributed by atoms with Crippen molar-refractivity contribution in [2.75, 3.05) is 11.6 Å². The van der Waals surface area contributed by atoms with E-state index in [2.05, 4.69) is 46.3 Å². The van der Waals surface area contributed by atoms with E-state index >= 15 is 0 Å². The van der Waals surface area contributed by atoms with E-state index in [1.165, 1.54) is 4.52 Å². The van der Waals surface area contributed by atoms with Gasteiger partial charge in [-0.25, -0.2) is 13.4 Å². The molecule has 11 heteroatoms. The summed E-state index contributed by atoms with van der Waals surface area (Å²) in [5.74, 6) is 0.614. The largest absolute Gasteiger partial charge is 0.324 e. The van der Waals surface area contributed by atoms with Gasteiger partial charge in [-0.3, -0.25) is 5.32 Å². The Morgan fingerprint density at radius 2 is 1.96 bits per heavy atom. The minimum atomic E-state index is -3.60. The summed E-state index contributed by atoms with van der Waals surface area (Å²) in [7, 11) is -3.60. The van der Waals surface area contributed by atoms with Crippen molar-refractivity contribution in [2.45, 2.75) is 12.1 Å². The number of imidazole rings is 1. The first-order valence-electron chi connectivity index (χ1n) is 7.17. The number of benzene rings is 1. The third-order valence-corrected chi connectivity index (χ3v) is 5.29. The van der Waals surface area contributed by atoms with Gasteiger partial charge in [0.25, 0.3) is 5.16 Å². The van der Waals surface area contributed by atoms with Crippen molar-refractivity contribution in [1.82, 2.24) is 29.5 Å². The van der Waals surface area contributed by atoms with Crippen LogP contribution in [-0.2, 0) is 9.84 Å². The highest BCUT2D eigenvalue weighted by molar-refractivity contribution is 9.10. The first kappa shape index (κ1) is 16.0. The van der Waals surface area contributed by atoms with E-state index in [9.17, 15) is 8.42 Å². The Morgan fingerprint density at radius 3 is 2.68 bits per heavy atom. The van der Waals surface area contributed by atoms with Gasteiger partial charge in [-0.2, -0.15) is 19.6 Å². The Hall–Kier alpha value is -2.53. The molecule has 3 heterocycles. The molecule has 0 saturated heterocycles. The first-order chi connectivity index (χ1) is 11.8. The van der Waals surface area contributed by atoms with Crippen LogP contribution in [-0.4, -0.2) is 44.2 Å². The topological polar surface area (TPSA) is 118 Å². The van der Waals surface area contributed by atoms with Crippen molar-refractivity contribution < 1.29 is 8.42 Å². The highest BCUT2D eigenvalue weighted by atomic mass is 79.9. The van der Waals surface area contributed by atoms with E-state index in [0.29, 0.717) is 21.8 Å². The molecule has 0 bridgehead atoms. The molecule has 3 aromatic heterocycles. The molecule has 2 N–H and O–H groups in total. The molecule has 9 nitrogen and oxygen atoms in total. The van der Waals surface area contributed by atoms with Crippen LogP contribution in [0, 0.1) is 6.92 Å². The van der Waals surface area contributed by atoms with Crippen LogP contribution >= 0.6 is 15.9 Å². The predicted molar refractivity (Wildman–Crippen MR) is 95.7 cm³/mol. The molecule has 4 aromatic rings. The standard InChI is InChI=1S/C14H12BrN7O2S/c1-7-10(15)11-18-14(25(2,23)24)20-13(22(11)21-7)19-12-16-8-5-3-4-6-9(8)17-12/h3-6H,1-2H3,(H2,16,17,18,19,20). The number of aryl methyl sites for hydroxylation is 1. The molecule has 4 rings (SSSR count). The van der Waals surface area contributed by atoms with Gasteiger partial charge >= 0.3 is 0 Å². The second kappa shape index (κ2) is 5.49. The Morgan fingerprint density at radius 1 is 1.20 bits per heavy atom. The van der Waals surface area contributed by atoms with E-state index in [1.807, 2.05) is 24.3 Å². The summed E-state index contributed by atoms with van der Waals surface area (Å²) in [6.45, 7) is 1.78. The van der Waals surface area contributed by atoms with Gasteiger partial charge in [-0.05, 0) is 35.0 Å². The zero-order valence-electron chi connectivity index (χ0n) is 13.1. The molecular weight excluding hydrogens is 410 g/mol. The average Bonchev–Trinajstić information content (AvgIpc) is 3.08. The number of rotatable bonds is 3. The monoisotopic (exact) mass is 421 g/mol. The lowest BCUT2D eigenvalue weighted by Crippen LogP contribution is -2.11.